The van der Waals surface area contributed by atoms with Crippen LogP contribution in [-0.4, -0.2) is 17.5 Å². The van der Waals surface area contributed by atoms with Gasteiger partial charge in [-0.1, -0.05) is 83.8 Å². The molecule has 0 aromatic heterocycles. The number of quaternary nitrogens is 1. The average Bonchev–Trinajstić information content (AvgIpc) is 3.04. The molecule has 1 heterocycles. The molecule has 1 aliphatic rings. The SMILES string of the molecule is C=C(NN1C(=O)C[NH+](Cc2ccccc2)C1c1ccc(Cl)cc1Cl)c1ccc(Cl)cc1. The van der Waals surface area contributed by atoms with Gasteiger partial charge in [-0.3, -0.25) is 15.1 Å². The molecule has 1 saturated heterocycles. The normalized spacial score (nSPS) is 18.3. The van der Waals surface area contributed by atoms with Crippen molar-refractivity contribution >= 4 is 46.4 Å². The molecule has 1 aliphatic heterocycles. The van der Waals surface area contributed by atoms with E-state index in [0.717, 1.165) is 21.6 Å². The molecule has 4 rings (SSSR count). The minimum atomic E-state index is -0.346. The smallest absolute Gasteiger partial charge is 0.298 e. The number of rotatable bonds is 6. The highest BCUT2D eigenvalue weighted by atomic mass is 35.5. The van der Waals surface area contributed by atoms with Crippen LogP contribution in [0.4, 0.5) is 0 Å². The Labute approximate surface area is 196 Å². The molecule has 3 aromatic carbocycles. The van der Waals surface area contributed by atoms with Gasteiger partial charge in [-0.2, -0.15) is 5.01 Å². The molecule has 1 fully saturated rings. The number of hydrazine groups is 1. The summed E-state index contributed by atoms with van der Waals surface area (Å²) in [4.78, 5) is 14.1. The zero-order chi connectivity index (χ0) is 22.0. The van der Waals surface area contributed by atoms with E-state index < -0.39 is 0 Å². The van der Waals surface area contributed by atoms with Gasteiger partial charge < -0.3 is 0 Å². The van der Waals surface area contributed by atoms with Crippen molar-refractivity contribution in [2.75, 3.05) is 6.54 Å². The van der Waals surface area contributed by atoms with Gasteiger partial charge in [-0.25, -0.2) is 0 Å². The Bertz CT molecular complexity index is 1100. The van der Waals surface area contributed by atoms with E-state index >= 15 is 0 Å². The number of carbonyl (C=O) groups excluding carboxylic acids is 1. The van der Waals surface area contributed by atoms with E-state index in [0.29, 0.717) is 33.9 Å². The summed E-state index contributed by atoms with van der Waals surface area (Å²) in [5, 5.41) is 3.32. The zero-order valence-corrected chi connectivity index (χ0v) is 18.9. The van der Waals surface area contributed by atoms with Crippen molar-refractivity contribution in [1.82, 2.24) is 10.4 Å². The van der Waals surface area contributed by atoms with E-state index in [4.69, 9.17) is 34.8 Å². The lowest BCUT2D eigenvalue weighted by molar-refractivity contribution is -0.937. The van der Waals surface area contributed by atoms with Crippen molar-refractivity contribution in [2.45, 2.75) is 12.7 Å². The molecular weight excluding hydrogens is 453 g/mol. The molecule has 0 saturated carbocycles. The zero-order valence-electron chi connectivity index (χ0n) is 16.6. The van der Waals surface area contributed by atoms with Crippen LogP contribution < -0.4 is 10.3 Å². The van der Waals surface area contributed by atoms with E-state index in [-0.39, 0.29) is 12.1 Å². The largest absolute Gasteiger partial charge is 0.301 e. The summed E-state index contributed by atoms with van der Waals surface area (Å²) in [5.74, 6) is -0.0444. The van der Waals surface area contributed by atoms with Crippen LogP contribution in [0.5, 0.6) is 0 Å². The Kier molecular flexibility index (Phi) is 6.54. The quantitative estimate of drug-likeness (QED) is 0.542. The van der Waals surface area contributed by atoms with Gasteiger partial charge >= 0.3 is 5.91 Å². The van der Waals surface area contributed by atoms with Gasteiger partial charge in [0, 0.05) is 15.6 Å². The molecule has 2 N–H and O–H groups in total. The molecule has 4 nitrogen and oxygen atoms in total. The topological polar surface area (TPSA) is 36.8 Å². The summed E-state index contributed by atoms with van der Waals surface area (Å²) in [6, 6.07) is 22.7. The monoisotopic (exact) mass is 472 g/mol. The van der Waals surface area contributed by atoms with E-state index in [9.17, 15) is 4.79 Å². The highest BCUT2D eigenvalue weighted by Gasteiger charge is 2.44. The lowest BCUT2D eigenvalue weighted by Gasteiger charge is -2.29. The fourth-order valence-electron chi connectivity index (χ4n) is 3.79. The second-order valence-corrected chi connectivity index (χ2v) is 8.71. The van der Waals surface area contributed by atoms with Gasteiger partial charge in [-0.05, 0) is 35.9 Å². The van der Waals surface area contributed by atoms with Crippen molar-refractivity contribution < 1.29 is 9.69 Å². The molecule has 0 bridgehead atoms. The fraction of sp³-hybridized carbons (Fsp3) is 0.125. The van der Waals surface area contributed by atoms with Crippen LogP contribution in [0, 0.1) is 0 Å². The van der Waals surface area contributed by atoms with E-state index in [1.54, 1.807) is 29.3 Å². The standard InChI is InChI=1S/C24H20Cl3N3O/c1-16(18-7-9-19(25)10-8-18)28-30-23(31)15-29(14-17-5-3-2-4-6-17)24(30)21-12-11-20(26)13-22(21)27/h2-13,24,28H,1,14-15H2/p+1. The second-order valence-electron chi connectivity index (χ2n) is 7.43. The third-order valence-corrected chi connectivity index (χ3v) is 6.09. The number of nitrogens with one attached hydrogen (secondary N) is 2. The Hall–Kier alpha value is -2.50. The maximum Gasteiger partial charge on any atom is 0.301 e. The maximum absolute atomic E-state index is 13.1. The summed E-state index contributed by atoms with van der Waals surface area (Å²) in [6.07, 6.45) is -0.346. The minimum absolute atomic E-state index is 0.0444. The molecule has 2 atom stereocenters. The number of benzene rings is 3. The average molecular weight is 474 g/mol. The van der Waals surface area contributed by atoms with E-state index in [2.05, 4.69) is 24.1 Å². The first-order valence-electron chi connectivity index (χ1n) is 9.79. The molecule has 7 heteroatoms. The van der Waals surface area contributed by atoms with Gasteiger partial charge in [0.05, 0.1) is 16.3 Å². The lowest BCUT2D eigenvalue weighted by atomic mass is 10.1. The molecule has 3 aromatic rings. The molecule has 0 spiro atoms. The first-order valence-corrected chi connectivity index (χ1v) is 10.9. The Morgan fingerprint density at radius 3 is 2.35 bits per heavy atom. The predicted octanol–water partition coefficient (Wildman–Crippen LogP) is 4.75. The molecule has 31 heavy (non-hydrogen) atoms. The van der Waals surface area contributed by atoms with Crippen LogP contribution in [0.2, 0.25) is 15.1 Å². The van der Waals surface area contributed by atoms with Crippen LogP contribution in [0.1, 0.15) is 22.9 Å². The van der Waals surface area contributed by atoms with Crippen LogP contribution in [0.3, 0.4) is 0 Å². The van der Waals surface area contributed by atoms with Crippen molar-refractivity contribution in [3.05, 3.63) is 111 Å². The Balaban J connectivity index is 1.67. The lowest BCUT2D eigenvalue weighted by Crippen LogP contribution is -3.10. The van der Waals surface area contributed by atoms with Crippen molar-refractivity contribution in [1.29, 1.82) is 0 Å². The molecule has 2 unspecified atom stereocenters. The third kappa shape index (κ3) is 4.89. The van der Waals surface area contributed by atoms with Crippen LogP contribution in [0.15, 0.2) is 79.4 Å². The maximum atomic E-state index is 13.1. The summed E-state index contributed by atoms with van der Waals surface area (Å²) >= 11 is 18.7. The number of nitrogens with zero attached hydrogens (tertiary/aromatic N) is 1. The number of hydrogen-bond donors (Lipinski definition) is 2. The predicted molar refractivity (Wildman–Crippen MR) is 126 cm³/mol. The first kappa shape index (κ1) is 21.7. The second kappa shape index (κ2) is 9.33. The summed E-state index contributed by atoms with van der Waals surface area (Å²) in [6.45, 7) is 5.10. The van der Waals surface area contributed by atoms with Crippen LogP contribution in [0.25, 0.3) is 5.70 Å². The summed E-state index contributed by atoms with van der Waals surface area (Å²) < 4.78 is 0. The number of carbonyl (C=O) groups is 1. The van der Waals surface area contributed by atoms with Gasteiger partial charge in [0.2, 0.25) is 6.17 Å². The molecule has 0 radical (unpaired) electrons. The molecule has 158 valence electrons. The van der Waals surface area contributed by atoms with E-state index in [1.807, 2.05) is 36.4 Å². The number of amides is 1. The minimum Gasteiger partial charge on any atom is -0.298 e. The molecule has 0 aliphatic carbocycles. The molecule has 1 amide bonds. The van der Waals surface area contributed by atoms with E-state index in [1.165, 1.54) is 0 Å². The van der Waals surface area contributed by atoms with Gasteiger partial charge in [0.25, 0.3) is 0 Å². The Morgan fingerprint density at radius 1 is 1.00 bits per heavy atom. The van der Waals surface area contributed by atoms with Gasteiger partial charge in [-0.15, -0.1) is 0 Å². The third-order valence-electron chi connectivity index (χ3n) is 5.27. The first-order chi connectivity index (χ1) is 14.9. The Morgan fingerprint density at radius 2 is 1.68 bits per heavy atom. The summed E-state index contributed by atoms with van der Waals surface area (Å²) in [7, 11) is 0. The van der Waals surface area contributed by atoms with Crippen molar-refractivity contribution in [2.24, 2.45) is 0 Å². The van der Waals surface area contributed by atoms with Crippen LogP contribution >= 0.6 is 34.8 Å². The summed E-state index contributed by atoms with van der Waals surface area (Å²) in [5.41, 5.74) is 6.60. The highest BCUT2D eigenvalue weighted by Crippen LogP contribution is 2.29. The van der Waals surface area contributed by atoms with Gasteiger partial charge in [0.1, 0.15) is 6.54 Å². The fourth-order valence-corrected chi connectivity index (χ4v) is 4.43. The van der Waals surface area contributed by atoms with Crippen LogP contribution in [-0.2, 0) is 11.3 Å². The number of hydrogen-bond acceptors (Lipinski definition) is 2. The number of halogens is 3. The highest BCUT2D eigenvalue weighted by molar-refractivity contribution is 6.35. The van der Waals surface area contributed by atoms with Gasteiger partial charge in [0.15, 0.2) is 6.54 Å². The van der Waals surface area contributed by atoms with Crippen molar-refractivity contribution in [3.63, 3.8) is 0 Å². The van der Waals surface area contributed by atoms with Crippen molar-refractivity contribution in [3.8, 4) is 0 Å². The molecular formula is C24H21Cl3N3O+.